The maximum absolute atomic E-state index is 5.46. The number of nitrogens with zero attached hydrogens (tertiary/aromatic N) is 2. The Morgan fingerprint density at radius 2 is 1.08 bits per heavy atom. The van der Waals surface area contributed by atoms with Gasteiger partial charge in [-0.3, -0.25) is 0 Å². The van der Waals surface area contributed by atoms with E-state index in [4.69, 9.17) is 9.05 Å². The lowest BCUT2D eigenvalue weighted by atomic mass is 10.1. The highest BCUT2D eigenvalue weighted by Crippen LogP contribution is 2.41. The van der Waals surface area contributed by atoms with Crippen LogP contribution in [-0.4, -0.2) is 10.3 Å². The van der Waals surface area contributed by atoms with Crippen LogP contribution in [0.4, 0.5) is 0 Å². The number of fused-ring (bicyclic) bond motifs is 2. The summed E-state index contributed by atoms with van der Waals surface area (Å²) < 4.78 is 13.0. The molecule has 0 unspecified atom stereocenters. The summed E-state index contributed by atoms with van der Waals surface area (Å²) in [4.78, 5) is 2.61. The molecule has 0 spiro atoms. The first-order valence-electron chi connectivity index (χ1n) is 13.5. The van der Waals surface area contributed by atoms with E-state index in [1.54, 1.807) is 11.3 Å². The summed E-state index contributed by atoms with van der Waals surface area (Å²) in [6, 6.07) is 0. The highest BCUT2D eigenvalue weighted by atomic mass is 79.9. The minimum Gasteiger partial charge on any atom is -0.355 e. The third kappa shape index (κ3) is 8.15. The molecule has 4 aromatic heterocycles. The van der Waals surface area contributed by atoms with Crippen LogP contribution < -0.4 is 0 Å². The molecule has 0 amide bonds. The molecule has 0 aliphatic carbocycles. The van der Waals surface area contributed by atoms with E-state index in [-0.39, 0.29) is 0 Å². The van der Waals surface area contributed by atoms with Gasteiger partial charge in [-0.15, -0.1) is 22.7 Å². The SMILES string of the molecule is CCCCCCCCc1noc2c(Br)sc(Br)c12.CCCCCCCCc1noc2c(C)sc(C)c12. The Morgan fingerprint density at radius 1 is 0.583 bits per heavy atom. The van der Waals surface area contributed by atoms with Gasteiger partial charge in [0.05, 0.1) is 25.9 Å². The van der Waals surface area contributed by atoms with Gasteiger partial charge in [-0.2, -0.15) is 0 Å². The molecule has 0 saturated heterocycles. The number of hydrogen-bond acceptors (Lipinski definition) is 6. The molecule has 0 aliphatic rings. The molecule has 0 radical (unpaired) electrons. The molecule has 0 atom stereocenters. The summed E-state index contributed by atoms with van der Waals surface area (Å²) in [5.41, 5.74) is 4.16. The summed E-state index contributed by atoms with van der Waals surface area (Å²) in [5, 5.41) is 10.9. The van der Waals surface area contributed by atoms with Crippen molar-refractivity contribution in [2.24, 2.45) is 0 Å². The van der Waals surface area contributed by atoms with Crippen LogP contribution >= 0.6 is 54.5 Å². The second kappa shape index (κ2) is 15.6. The van der Waals surface area contributed by atoms with Crippen LogP contribution in [0.2, 0.25) is 0 Å². The lowest BCUT2D eigenvalue weighted by Crippen LogP contribution is -1.87. The molecule has 4 nitrogen and oxygen atoms in total. The summed E-state index contributed by atoms with van der Waals surface area (Å²) in [6.45, 7) is 8.79. The summed E-state index contributed by atoms with van der Waals surface area (Å²) in [5.74, 6) is 0. The van der Waals surface area contributed by atoms with Crippen LogP contribution in [0.25, 0.3) is 21.9 Å². The van der Waals surface area contributed by atoms with Gasteiger partial charge in [0.1, 0.15) is 3.79 Å². The fourth-order valence-electron chi connectivity index (χ4n) is 4.58. The molecule has 0 N–H and O–H groups in total. The van der Waals surface area contributed by atoms with Crippen molar-refractivity contribution in [3.05, 3.63) is 28.7 Å². The number of thiophene rings is 2. The van der Waals surface area contributed by atoms with Gasteiger partial charge in [-0.1, -0.05) is 88.4 Å². The Morgan fingerprint density at radius 3 is 1.67 bits per heavy atom. The molecule has 4 heterocycles. The predicted molar refractivity (Wildman–Crippen MR) is 163 cm³/mol. The first-order valence-corrected chi connectivity index (χ1v) is 16.8. The van der Waals surface area contributed by atoms with Crippen molar-refractivity contribution in [1.29, 1.82) is 0 Å². The van der Waals surface area contributed by atoms with Crippen LogP contribution in [-0.2, 0) is 12.8 Å². The van der Waals surface area contributed by atoms with Gasteiger partial charge < -0.3 is 9.05 Å². The zero-order valence-corrected chi connectivity index (χ0v) is 27.0. The van der Waals surface area contributed by atoms with Crippen molar-refractivity contribution in [3.63, 3.8) is 0 Å². The molecule has 0 aliphatic heterocycles. The van der Waals surface area contributed by atoms with Crippen molar-refractivity contribution >= 4 is 76.5 Å². The maximum Gasteiger partial charge on any atom is 0.193 e. The lowest BCUT2D eigenvalue weighted by Gasteiger charge is -1.99. The van der Waals surface area contributed by atoms with Crippen molar-refractivity contribution in [2.45, 2.75) is 118 Å². The smallest absolute Gasteiger partial charge is 0.193 e. The van der Waals surface area contributed by atoms with E-state index in [2.05, 4.69) is 69.9 Å². The molecule has 0 saturated carbocycles. The van der Waals surface area contributed by atoms with Crippen molar-refractivity contribution in [1.82, 2.24) is 10.3 Å². The topological polar surface area (TPSA) is 52.1 Å². The number of aryl methyl sites for hydroxylation is 4. The van der Waals surface area contributed by atoms with Crippen molar-refractivity contribution < 1.29 is 9.05 Å². The van der Waals surface area contributed by atoms with Crippen LogP contribution in [0.1, 0.15) is 112 Å². The van der Waals surface area contributed by atoms with Crippen molar-refractivity contribution in [2.75, 3.05) is 0 Å². The zero-order valence-electron chi connectivity index (χ0n) is 22.2. The average Bonchev–Trinajstić information content (AvgIpc) is 3.60. The van der Waals surface area contributed by atoms with Crippen LogP contribution in [0.3, 0.4) is 0 Å². The molecule has 0 aromatic carbocycles. The highest BCUT2D eigenvalue weighted by Gasteiger charge is 2.17. The van der Waals surface area contributed by atoms with Gasteiger partial charge in [-0.25, -0.2) is 0 Å². The van der Waals surface area contributed by atoms with Gasteiger partial charge in [-0.05, 0) is 71.4 Å². The van der Waals surface area contributed by atoms with Crippen molar-refractivity contribution in [3.8, 4) is 0 Å². The Bertz CT molecular complexity index is 1100. The Kier molecular flexibility index (Phi) is 13.0. The largest absolute Gasteiger partial charge is 0.355 e. The first kappa shape index (κ1) is 29.9. The van der Waals surface area contributed by atoms with Gasteiger partial charge in [0.2, 0.25) is 0 Å². The Labute approximate surface area is 240 Å². The molecule has 0 fully saturated rings. The zero-order chi connectivity index (χ0) is 25.9. The highest BCUT2D eigenvalue weighted by molar-refractivity contribution is 9.12. The monoisotopic (exact) mass is 658 g/mol. The minimum absolute atomic E-state index is 0.882. The quantitative estimate of drug-likeness (QED) is 0.126. The second-order valence-corrected chi connectivity index (χ2v) is 14.7. The van der Waals surface area contributed by atoms with E-state index in [0.717, 1.165) is 42.7 Å². The normalized spacial score (nSPS) is 11.5. The standard InChI is InChI=1S/C15H23NOS.C13H17Br2NOS/c1-4-5-6-7-8-9-10-13-14-11(2)18-12(3)15(14)17-16-13;1-2-3-4-5-6-7-8-9-10-11(17-16-9)13(15)18-12(10)14/h4-10H2,1-3H3;2-8H2,1H3. The fourth-order valence-corrected chi connectivity index (χ4v) is 8.58. The molecule has 4 rings (SSSR count). The van der Waals surface area contributed by atoms with Gasteiger partial charge in [0.15, 0.2) is 11.2 Å². The minimum atomic E-state index is 0.882. The first-order chi connectivity index (χ1) is 17.5. The number of aromatic nitrogens is 2. The molecule has 8 heteroatoms. The molecular weight excluding hydrogens is 620 g/mol. The molecule has 36 heavy (non-hydrogen) atoms. The third-order valence-corrected chi connectivity index (χ3v) is 10.1. The van der Waals surface area contributed by atoms with Gasteiger partial charge >= 0.3 is 0 Å². The van der Waals surface area contributed by atoms with E-state index in [9.17, 15) is 0 Å². The maximum atomic E-state index is 5.46. The number of unbranched alkanes of at least 4 members (excludes halogenated alkanes) is 10. The van der Waals surface area contributed by atoms with E-state index in [1.165, 1.54) is 97.9 Å². The fraction of sp³-hybridized carbons (Fsp3) is 0.643. The van der Waals surface area contributed by atoms with Crippen LogP contribution in [0.15, 0.2) is 16.6 Å². The lowest BCUT2D eigenvalue weighted by molar-refractivity contribution is 0.443. The van der Waals surface area contributed by atoms with E-state index in [1.807, 2.05) is 11.3 Å². The Hall–Kier alpha value is -0.700. The molecule has 4 aromatic rings. The second-order valence-electron chi connectivity index (χ2n) is 9.57. The summed E-state index contributed by atoms with van der Waals surface area (Å²) >= 11 is 10.5. The van der Waals surface area contributed by atoms with Gasteiger partial charge in [0.25, 0.3) is 0 Å². The van der Waals surface area contributed by atoms with Crippen LogP contribution in [0.5, 0.6) is 0 Å². The van der Waals surface area contributed by atoms with E-state index >= 15 is 0 Å². The molecular formula is C28H40Br2N2O2S2. The summed E-state index contributed by atoms with van der Waals surface area (Å²) in [6.07, 6.45) is 17.9. The molecule has 200 valence electrons. The van der Waals surface area contributed by atoms with E-state index < -0.39 is 0 Å². The Balaban J connectivity index is 0.000000201. The van der Waals surface area contributed by atoms with Gasteiger partial charge in [0, 0.05) is 9.75 Å². The molecule has 0 bridgehead atoms. The number of rotatable bonds is 14. The third-order valence-electron chi connectivity index (χ3n) is 6.59. The number of halogens is 2. The summed E-state index contributed by atoms with van der Waals surface area (Å²) in [7, 11) is 0. The number of hydrogen-bond donors (Lipinski definition) is 0. The van der Waals surface area contributed by atoms with E-state index in [0.29, 0.717) is 0 Å². The average molecular weight is 661 g/mol. The predicted octanol–water partition coefficient (Wildman–Crippen LogP) is 11.7. The van der Waals surface area contributed by atoms with Crippen LogP contribution in [0, 0.1) is 13.8 Å².